The number of hydrogen-bond donors (Lipinski definition) is 2. The van der Waals surface area contributed by atoms with Crippen LogP contribution in [-0.4, -0.2) is 24.4 Å². The zero-order valence-electron chi connectivity index (χ0n) is 12.3. The number of nitrogens with two attached hydrogens (primary N) is 1. The Kier molecular flexibility index (Phi) is 4.65. The van der Waals surface area contributed by atoms with E-state index in [0.717, 1.165) is 25.7 Å². The minimum absolute atomic E-state index is 0.00159. The summed E-state index contributed by atoms with van der Waals surface area (Å²) >= 11 is 4.80. The Balaban J connectivity index is 2.07. The van der Waals surface area contributed by atoms with Gasteiger partial charge < -0.3 is 5.73 Å². The Morgan fingerprint density at radius 3 is 2.48 bits per heavy atom. The van der Waals surface area contributed by atoms with E-state index in [1.807, 2.05) is 0 Å². The molecule has 7 heteroatoms. The highest BCUT2D eigenvalue weighted by atomic mass is 32.2. The molecule has 21 heavy (non-hydrogen) atoms. The Morgan fingerprint density at radius 1 is 1.38 bits per heavy atom. The number of hydrogen-bond acceptors (Lipinski definition) is 4. The van der Waals surface area contributed by atoms with Crippen molar-refractivity contribution in [3.05, 3.63) is 24.0 Å². The van der Waals surface area contributed by atoms with E-state index in [4.69, 9.17) is 18.0 Å². The van der Waals surface area contributed by atoms with Gasteiger partial charge in [0, 0.05) is 12.2 Å². The largest absolute Gasteiger partial charge is 0.388 e. The van der Waals surface area contributed by atoms with Crippen LogP contribution in [0.3, 0.4) is 0 Å². The molecule has 3 N–H and O–H groups in total. The predicted molar refractivity (Wildman–Crippen MR) is 86.5 cm³/mol. The minimum atomic E-state index is -3.54. The first-order chi connectivity index (χ1) is 9.70. The molecule has 0 aliphatic heterocycles. The van der Waals surface area contributed by atoms with Crippen LogP contribution >= 0.6 is 12.2 Å². The van der Waals surface area contributed by atoms with E-state index in [9.17, 15) is 8.42 Å². The molecule has 1 fully saturated rings. The van der Waals surface area contributed by atoms with Gasteiger partial charge in [0.15, 0.2) is 0 Å². The normalized spacial score (nSPS) is 19.3. The molecule has 0 bridgehead atoms. The molecule has 1 aromatic heterocycles. The monoisotopic (exact) mass is 327 g/mol. The lowest BCUT2D eigenvalue weighted by Crippen LogP contribution is -2.39. The molecule has 0 radical (unpaired) electrons. The maximum absolute atomic E-state index is 12.3. The molecule has 1 aliphatic rings. The molecule has 0 amide bonds. The second-order valence-electron chi connectivity index (χ2n) is 6.30. The average molecular weight is 327 g/mol. The van der Waals surface area contributed by atoms with Gasteiger partial charge in [-0.2, -0.15) is 0 Å². The summed E-state index contributed by atoms with van der Waals surface area (Å²) < 4.78 is 27.4. The maximum Gasteiger partial charge on any atom is 0.242 e. The molecule has 0 saturated heterocycles. The third-order valence-corrected chi connectivity index (χ3v) is 5.67. The molecule has 116 valence electrons. The molecule has 1 aliphatic carbocycles. The molecule has 1 aromatic rings. The summed E-state index contributed by atoms with van der Waals surface area (Å²) in [4.78, 5) is 4.28. The Hall–Kier alpha value is -1.05. The van der Waals surface area contributed by atoms with Crippen molar-refractivity contribution < 1.29 is 8.42 Å². The van der Waals surface area contributed by atoms with Gasteiger partial charge in [0.1, 0.15) is 9.88 Å². The summed E-state index contributed by atoms with van der Waals surface area (Å²) in [6.45, 7) is 4.44. The molecule has 1 saturated carbocycles. The van der Waals surface area contributed by atoms with Crippen molar-refractivity contribution in [1.82, 2.24) is 9.71 Å². The zero-order valence-corrected chi connectivity index (χ0v) is 13.9. The number of nitrogens with one attached hydrogen (secondary N) is 1. The van der Waals surface area contributed by atoms with E-state index >= 15 is 0 Å². The maximum atomic E-state index is 12.3. The molecule has 5 nitrogen and oxygen atoms in total. The van der Waals surface area contributed by atoms with Gasteiger partial charge in [-0.05, 0) is 43.2 Å². The minimum Gasteiger partial charge on any atom is -0.388 e. The van der Waals surface area contributed by atoms with Crippen molar-refractivity contribution in [3.63, 3.8) is 0 Å². The second kappa shape index (κ2) is 5.98. The van der Waals surface area contributed by atoms with E-state index in [1.165, 1.54) is 18.3 Å². The van der Waals surface area contributed by atoms with E-state index in [1.54, 1.807) is 0 Å². The van der Waals surface area contributed by atoms with Crippen LogP contribution in [0.4, 0.5) is 0 Å². The van der Waals surface area contributed by atoms with E-state index in [0.29, 0.717) is 11.1 Å². The smallest absolute Gasteiger partial charge is 0.242 e. The summed E-state index contributed by atoms with van der Waals surface area (Å²) in [5.74, 6) is 0. The van der Waals surface area contributed by atoms with Crippen LogP contribution in [-0.2, 0) is 10.0 Å². The fourth-order valence-corrected chi connectivity index (χ4v) is 3.86. The van der Waals surface area contributed by atoms with E-state index in [-0.39, 0.29) is 15.9 Å². The quantitative estimate of drug-likeness (QED) is 0.826. The van der Waals surface area contributed by atoms with Crippen molar-refractivity contribution >= 4 is 27.2 Å². The first kappa shape index (κ1) is 16.3. The van der Waals surface area contributed by atoms with E-state index < -0.39 is 10.0 Å². The van der Waals surface area contributed by atoms with Crippen LogP contribution in [0.5, 0.6) is 0 Å². The SMILES string of the molecule is CC1(C)CCC(NS(=O)(=O)c2ccc(C(N)=S)nc2)CC1. The van der Waals surface area contributed by atoms with Gasteiger partial charge in [-0.3, -0.25) is 4.98 Å². The highest BCUT2D eigenvalue weighted by molar-refractivity contribution is 7.89. The Bertz CT molecular complexity index is 614. The zero-order chi connectivity index (χ0) is 15.7. The van der Waals surface area contributed by atoms with Gasteiger partial charge in [-0.15, -0.1) is 0 Å². The summed E-state index contributed by atoms with van der Waals surface area (Å²) in [5.41, 5.74) is 6.18. The van der Waals surface area contributed by atoms with Crippen LogP contribution in [0.2, 0.25) is 0 Å². The number of sulfonamides is 1. The molecular weight excluding hydrogens is 306 g/mol. The fourth-order valence-electron chi connectivity index (χ4n) is 2.49. The van der Waals surface area contributed by atoms with Crippen LogP contribution in [0.1, 0.15) is 45.2 Å². The van der Waals surface area contributed by atoms with Gasteiger partial charge >= 0.3 is 0 Å². The average Bonchev–Trinajstić information content (AvgIpc) is 2.41. The first-order valence-electron chi connectivity index (χ1n) is 6.98. The number of nitrogens with zero attached hydrogens (tertiary/aromatic N) is 1. The van der Waals surface area contributed by atoms with Gasteiger partial charge in [0.05, 0.1) is 5.69 Å². The topological polar surface area (TPSA) is 85.1 Å². The third-order valence-electron chi connectivity index (χ3n) is 3.96. The van der Waals surface area contributed by atoms with Crippen molar-refractivity contribution in [3.8, 4) is 0 Å². The Morgan fingerprint density at radius 2 is 2.00 bits per heavy atom. The number of pyridine rings is 1. The number of rotatable bonds is 4. The second-order valence-corrected chi connectivity index (χ2v) is 8.46. The highest BCUT2D eigenvalue weighted by Gasteiger charge is 2.29. The summed E-state index contributed by atoms with van der Waals surface area (Å²) in [5, 5.41) is 0. The summed E-state index contributed by atoms with van der Waals surface area (Å²) in [6.07, 6.45) is 5.08. The molecule has 0 spiro atoms. The lowest BCUT2D eigenvalue weighted by atomic mass is 9.76. The lowest BCUT2D eigenvalue weighted by molar-refractivity contribution is 0.218. The third kappa shape index (κ3) is 4.21. The Labute approximate surface area is 131 Å². The molecule has 2 rings (SSSR count). The van der Waals surface area contributed by atoms with Gasteiger partial charge in [0.25, 0.3) is 0 Å². The highest BCUT2D eigenvalue weighted by Crippen LogP contribution is 2.35. The van der Waals surface area contributed by atoms with Gasteiger partial charge in [-0.1, -0.05) is 26.1 Å². The van der Waals surface area contributed by atoms with Crippen molar-refractivity contribution in [1.29, 1.82) is 0 Å². The number of thiocarbonyl (C=S) groups is 1. The summed E-state index contributed by atoms with van der Waals surface area (Å²) in [6, 6.07) is 3.01. The molecule has 1 heterocycles. The predicted octanol–water partition coefficient (Wildman–Crippen LogP) is 1.96. The van der Waals surface area contributed by atoms with Gasteiger partial charge in [0.2, 0.25) is 10.0 Å². The van der Waals surface area contributed by atoms with Crippen molar-refractivity contribution in [2.75, 3.05) is 0 Å². The molecule has 0 aromatic carbocycles. The van der Waals surface area contributed by atoms with Crippen LogP contribution in [0.25, 0.3) is 0 Å². The van der Waals surface area contributed by atoms with Crippen LogP contribution < -0.4 is 10.5 Å². The lowest BCUT2D eigenvalue weighted by Gasteiger charge is -2.34. The van der Waals surface area contributed by atoms with Crippen molar-refractivity contribution in [2.24, 2.45) is 11.1 Å². The molecule has 0 unspecified atom stereocenters. The fraction of sp³-hybridized carbons (Fsp3) is 0.571. The summed E-state index contributed by atoms with van der Waals surface area (Å²) in [7, 11) is -3.54. The van der Waals surface area contributed by atoms with Gasteiger partial charge in [-0.25, -0.2) is 13.1 Å². The van der Waals surface area contributed by atoms with E-state index in [2.05, 4.69) is 23.6 Å². The first-order valence-corrected chi connectivity index (χ1v) is 8.87. The van der Waals surface area contributed by atoms with Crippen LogP contribution in [0, 0.1) is 5.41 Å². The molecule has 0 atom stereocenters. The van der Waals surface area contributed by atoms with Crippen LogP contribution in [0.15, 0.2) is 23.2 Å². The standard InChI is InChI=1S/C14H21N3O2S2/c1-14(2)7-5-10(6-8-14)17-21(18,19)11-3-4-12(13(15)20)16-9-11/h3-4,9-10,17H,5-8H2,1-2H3,(H2,15,20). The van der Waals surface area contributed by atoms with Crippen molar-refractivity contribution in [2.45, 2.75) is 50.5 Å². The number of aromatic nitrogens is 1. The molecular formula is C14H21N3O2S2.